The fourth-order valence-corrected chi connectivity index (χ4v) is 1.80. The van der Waals surface area contributed by atoms with Crippen LogP contribution in [-0.4, -0.2) is 16.5 Å². The first-order valence-electron chi connectivity index (χ1n) is 5.06. The number of nitrogens with two attached hydrogens (primary N) is 1. The molecule has 1 heterocycles. The van der Waals surface area contributed by atoms with E-state index in [-0.39, 0.29) is 0 Å². The average molecular weight is 201 g/mol. The number of hydrogen-bond donors (Lipinski definition) is 2. The van der Waals surface area contributed by atoms with E-state index in [1.54, 1.807) is 6.20 Å². The van der Waals surface area contributed by atoms with Gasteiger partial charge in [-0.1, -0.05) is 23.8 Å². The van der Waals surface area contributed by atoms with Crippen molar-refractivity contribution in [2.75, 3.05) is 6.54 Å². The van der Waals surface area contributed by atoms with Crippen LogP contribution in [0.3, 0.4) is 0 Å². The average Bonchev–Trinajstić information content (AvgIpc) is 2.85. The Morgan fingerprint density at radius 3 is 3.07 bits per heavy atom. The van der Waals surface area contributed by atoms with Gasteiger partial charge in [-0.15, -0.1) is 0 Å². The van der Waals surface area contributed by atoms with E-state index in [4.69, 9.17) is 5.73 Å². The molecule has 0 aliphatic heterocycles. The van der Waals surface area contributed by atoms with Crippen LogP contribution in [0.1, 0.15) is 12.7 Å². The van der Waals surface area contributed by atoms with Crippen molar-refractivity contribution in [2.24, 2.45) is 11.7 Å². The third-order valence-corrected chi connectivity index (χ3v) is 2.63. The summed E-state index contributed by atoms with van der Waals surface area (Å²) in [7, 11) is 0. The quantitative estimate of drug-likeness (QED) is 0.784. The lowest BCUT2D eigenvalue weighted by Gasteiger charge is -2.13. The molecule has 0 saturated carbocycles. The summed E-state index contributed by atoms with van der Waals surface area (Å²) in [6, 6.07) is 0. The normalized spacial score (nSPS) is 20.8. The van der Waals surface area contributed by atoms with Gasteiger partial charge in [0.15, 0.2) is 0 Å². The smallest absolute Gasteiger partial charge is 0.129 e. The third kappa shape index (κ3) is 2.07. The van der Waals surface area contributed by atoms with Crippen molar-refractivity contribution in [2.45, 2.75) is 6.92 Å². The van der Waals surface area contributed by atoms with Gasteiger partial charge in [-0.05, 0) is 18.6 Å². The van der Waals surface area contributed by atoms with Gasteiger partial charge < -0.3 is 10.7 Å². The molecule has 78 valence electrons. The predicted molar refractivity (Wildman–Crippen MR) is 62.0 cm³/mol. The van der Waals surface area contributed by atoms with Gasteiger partial charge in [0.25, 0.3) is 0 Å². The highest BCUT2D eigenvalue weighted by Crippen LogP contribution is 2.26. The SMILES string of the molecule is CC1=CC=CC1/C(=C\c1ncc[nH]1)CN. The standard InChI is InChI=1S/C12H15N3/c1-9-3-2-4-11(9)10(8-13)7-12-14-5-6-15-12/h2-7,11H,8,13H2,1H3,(H,14,15)/b10-7-. The maximum atomic E-state index is 5.76. The Morgan fingerprint density at radius 2 is 2.53 bits per heavy atom. The molecule has 0 radical (unpaired) electrons. The number of H-pyrrole nitrogens is 1. The van der Waals surface area contributed by atoms with Crippen LogP contribution in [0.4, 0.5) is 0 Å². The summed E-state index contributed by atoms with van der Waals surface area (Å²) in [5.41, 5.74) is 8.28. The summed E-state index contributed by atoms with van der Waals surface area (Å²) in [6.45, 7) is 2.68. The van der Waals surface area contributed by atoms with E-state index in [0.29, 0.717) is 12.5 Å². The van der Waals surface area contributed by atoms with Crippen LogP contribution in [0.25, 0.3) is 6.08 Å². The van der Waals surface area contributed by atoms with E-state index in [0.717, 1.165) is 5.82 Å². The number of hydrogen-bond acceptors (Lipinski definition) is 2. The number of nitrogens with zero attached hydrogens (tertiary/aromatic N) is 1. The molecular formula is C12H15N3. The largest absolute Gasteiger partial charge is 0.345 e. The van der Waals surface area contributed by atoms with Crippen LogP contribution in [-0.2, 0) is 0 Å². The van der Waals surface area contributed by atoms with Crippen molar-refractivity contribution in [3.05, 3.63) is 47.6 Å². The Balaban J connectivity index is 2.25. The molecule has 0 amide bonds. The Bertz CT molecular complexity index is 410. The Hall–Kier alpha value is -1.61. The van der Waals surface area contributed by atoms with E-state index in [1.165, 1.54) is 11.1 Å². The van der Waals surface area contributed by atoms with Crippen LogP contribution in [0, 0.1) is 5.92 Å². The zero-order valence-electron chi connectivity index (χ0n) is 8.77. The van der Waals surface area contributed by atoms with Crippen molar-refractivity contribution in [1.29, 1.82) is 0 Å². The van der Waals surface area contributed by atoms with Gasteiger partial charge in [-0.25, -0.2) is 4.98 Å². The molecule has 1 unspecified atom stereocenters. The lowest BCUT2D eigenvalue weighted by Crippen LogP contribution is -2.11. The maximum absolute atomic E-state index is 5.76. The van der Waals surface area contributed by atoms with Crippen LogP contribution in [0.5, 0.6) is 0 Å². The van der Waals surface area contributed by atoms with Crippen LogP contribution in [0.15, 0.2) is 41.8 Å². The molecule has 1 aromatic heterocycles. The number of imidazole rings is 1. The molecule has 0 bridgehead atoms. The highest BCUT2D eigenvalue weighted by molar-refractivity contribution is 5.51. The van der Waals surface area contributed by atoms with Crippen molar-refractivity contribution in [3.63, 3.8) is 0 Å². The monoisotopic (exact) mass is 201 g/mol. The summed E-state index contributed by atoms with van der Waals surface area (Å²) in [5.74, 6) is 1.21. The van der Waals surface area contributed by atoms with Crippen LogP contribution >= 0.6 is 0 Å². The molecule has 1 atom stereocenters. The topological polar surface area (TPSA) is 54.7 Å². The number of aromatic nitrogens is 2. The molecule has 0 aromatic carbocycles. The minimum Gasteiger partial charge on any atom is -0.345 e. The van der Waals surface area contributed by atoms with Crippen LogP contribution < -0.4 is 5.73 Å². The first kappa shape index (κ1) is 9.93. The minimum atomic E-state index is 0.347. The van der Waals surface area contributed by atoms with Crippen molar-refractivity contribution < 1.29 is 0 Å². The Labute approximate surface area is 89.4 Å². The highest BCUT2D eigenvalue weighted by atomic mass is 14.9. The first-order valence-corrected chi connectivity index (χ1v) is 5.06. The summed E-state index contributed by atoms with van der Waals surface area (Å²) < 4.78 is 0. The number of nitrogens with one attached hydrogen (secondary N) is 1. The molecular weight excluding hydrogens is 186 g/mol. The first-order chi connectivity index (χ1) is 7.31. The number of aromatic amines is 1. The fourth-order valence-electron chi connectivity index (χ4n) is 1.80. The summed E-state index contributed by atoms with van der Waals surface area (Å²) >= 11 is 0. The fraction of sp³-hybridized carbons (Fsp3) is 0.250. The molecule has 1 aliphatic rings. The molecule has 3 heteroatoms. The van der Waals surface area contributed by atoms with E-state index in [9.17, 15) is 0 Å². The molecule has 3 N–H and O–H groups in total. The molecule has 3 nitrogen and oxygen atoms in total. The summed E-state index contributed by atoms with van der Waals surface area (Å²) in [4.78, 5) is 7.22. The van der Waals surface area contributed by atoms with E-state index in [2.05, 4.69) is 35.1 Å². The van der Waals surface area contributed by atoms with Gasteiger partial charge in [-0.2, -0.15) is 0 Å². The third-order valence-electron chi connectivity index (χ3n) is 2.63. The van der Waals surface area contributed by atoms with Crippen molar-refractivity contribution >= 4 is 6.08 Å². The second kappa shape index (κ2) is 4.28. The lowest BCUT2D eigenvalue weighted by atomic mass is 9.94. The van der Waals surface area contributed by atoms with Gasteiger partial charge in [0.2, 0.25) is 0 Å². The highest BCUT2D eigenvalue weighted by Gasteiger charge is 2.14. The minimum absolute atomic E-state index is 0.347. The van der Waals surface area contributed by atoms with E-state index >= 15 is 0 Å². The number of allylic oxidation sites excluding steroid dienone is 4. The lowest BCUT2D eigenvalue weighted by molar-refractivity contribution is 0.875. The zero-order valence-corrected chi connectivity index (χ0v) is 8.77. The zero-order chi connectivity index (χ0) is 10.7. The summed E-state index contributed by atoms with van der Waals surface area (Å²) in [5, 5.41) is 0. The summed E-state index contributed by atoms with van der Waals surface area (Å²) in [6.07, 6.45) is 11.9. The maximum Gasteiger partial charge on any atom is 0.129 e. The van der Waals surface area contributed by atoms with Gasteiger partial charge in [0, 0.05) is 24.9 Å². The van der Waals surface area contributed by atoms with Crippen LogP contribution in [0.2, 0.25) is 0 Å². The Morgan fingerprint density at radius 1 is 1.67 bits per heavy atom. The molecule has 0 saturated heterocycles. The van der Waals surface area contributed by atoms with Crippen molar-refractivity contribution in [1.82, 2.24) is 9.97 Å². The molecule has 1 aliphatic carbocycles. The Kier molecular flexibility index (Phi) is 2.83. The van der Waals surface area contributed by atoms with Gasteiger partial charge in [-0.3, -0.25) is 0 Å². The van der Waals surface area contributed by atoms with E-state index < -0.39 is 0 Å². The predicted octanol–water partition coefficient (Wildman–Crippen LogP) is 1.88. The van der Waals surface area contributed by atoms with Crippen molar-refractivity contribution in [3.8, 4) is 0 Å². The number of rotatable bonds is 3. The van der Waals surface area contributed by atoms with Gasteiger partial charge in [0.1, 0.15) is 5.82 Å². The molecule has 15 heavy (non-hydrogen) atoms. The van der Waals surface area contributed by atoms with E-state index in [1.807, 2.05) is 12.3 Å². The second-order valence-electron chi connectivity index (χ2n) is 3.67. The molecule has 2 rings (SSSR count). The van der Waals surface area contributed by atoms with Gasteiger partial charge >= 0.3 is 0 Å². The molecule has 0 spiro atoms. The molecule has 1 aromatic rings. The molecule has 0 fully saturated rings. The van der Waals surface area contributed by atoms with Gasteiger partial charge in [0.05, 0.1) is 0 Å². The second-order valence-corrected chi connectivity index (χ2v) is 3.67.